The van der Waals surface area contributed by atoms with Crippen molar-refractivity contribution >= 4 is 32.6 Å². The Kier molecular flexibility index (Phi) is 5.18. The minimum atomic E-state index is -3.61. The Balaban J connectivity index is 1.98. The number of hydrogen-bond acceptors (Lipinski definition) is 5. The van der Waals surface area contributed by atoms with Crippen LogP contribution in [0.1, 0.15) is 21.7 Å². The number of amides is 1. The first-order valence-electron chi connectivity index (χ1n) is 8.57. The Morgan fingerprint density at radius 3 is 2.46 bits per heavy atom. The van der Waals surface area contributed by atoms with E-state index in [9.17, 15) is 13.2 Å². The topological polar surface area (TPSA) is 88.8 Å². The molecule has 0 aliphatic carbocycles. The average Bonchev–Trinajstić information content (AvgIpc) is 2.99. The van der Waals surface area contributed by atoms with Gasteiger partial charge in [0.1, 0.15) is 11.3 Å². The van der Waals surface area contributed by atoms with Crippen LogP contribution in [0, 0.1) is 13.8 Å². The molecule has 7 nitrogen and oxygen atoms in total. The fourth-order valence-corrected chi connectivity index (χ4v) is 3.76. The number of benzene rings is 2. The normalized spacial score (nSPS) is 11.8. The van der Waals surface area contributed by atoms with Crippen molar-refractivity contribution in [3.8, 4) is 5.75 Å². The zero-order valence-electron chi connectivity index (χ0n) is 16.4. The zero-order chi connectivity index (χ0) is 20.6. The summed E-state index contributed by atoms with van der Waals surface area (Å²) in [5, 5.41) is 3.54. The number of anilines is 1. The van der Waals surface area contributed by atoms with Gasteiger partial charge in [-0.25, -0.2) is 12.7 Å². The minimum absolute atomic E-state index is 0.101. The zero-order valence-corrected chi connectivity index (χ0v) is 17.2. The number of carbonyl (C=O) groups is 1. The minimum Gasteiger partial charge on any atom is -0.497 e. The number of ether oxygens (including phenoxy) is 1. The van der Waals surface area contributed by atoms with Crippen molar-refractivity contribution in [1.29, 1.82) is 0 Å². The SMILES string of the molecule is COc1ccc2oc(C(=O)Nc3cc(S(=O)(=O)N(C)C)ccc3C)c(C)c2c1. The van der Waals surface area contributed by atoms with E-state index in [2.05, 4.69) is 5.32 Å². The first-order chi connectivity index (χ1) is 13.1. The first kappa shape index (κ1) is 19.9. The molecule has 0 radical (unpaired) electrons. The highest BCUT2D eigenvalue weighted by molar-refractivity contribution is 7.89. The number of nitrogens with one attached hydrogen (secondary N) is 1. The monoisotopic (exact) mass is 402 g/mol. The van der Waals surface area contributed by atoms with Crippen LogP contribution in [0.25, 0.3) is 11.0 Å². The maximum Gasteiger partial charge on any atom is 0.291 e. The lowest BCUT2D eigenvalue weighted by molar-refractivity contribution is 0.0997. The number of aryl methyl sites for hydroxylation is 2. The van der Waals surface area contributed by atoms with Gasteiger partial charge in [0.15, 0.2) is 5.76 Å². The van der Waals surface area contributed by atoms with Crippen LogP contribution >= 0.6 is 0 Å². The quantitative estimate of drug-likeness (QED) is 0.705. The number of carbonyl (C=O) groups excluding carboxylic acids is 1. The highest BCUT2D eigenvalue weighted by Crippen LogP contribution is 2.30. The first-order valence-corrected chi connectivity index (χ1v) is 10.0. The van der Waals surface area contributed by atoms with Gasteiger partial charge < -0.3 is 14.5 Å². The second-order valence-corrected chi connectivity index (χ2v) is 8.79. The van der Waals surface area contributed by atoms with Gasteiger partial charge in [0.2, 0.25) is 10.0 Å². The van der Waals surface area contributed by atoms with Crippen molar-refractivity contribution in [3.05, 3.63) is 53.3 Å². The number of sulfonamides is 1. The van der Waals surface area contributed by atoms with Crippen LogP contribution in [-0.2, 0) is 10.0 Å². The summed E-state index contributed by atoms with van der Waals surface area (Å²) in [6.45, 7) is 3.58. The van der Waals surface area contributed by atoms with Crippen LogP contribution in [0.3, 0.4) is 0 Å². The number of methoxy groups -OCH3 is 1. The lowest BCUT2D eigenvalue weighted by Crippen LogP contribution is -2.22. The number of hydrogen-bond donors (Lipinski definition) is 1. The summed E-state index contributed by atoms with van der Waals surface area (Å²) in [6.07, 6.45) is 0. The molecule has 1 amide bonds. The summed E-state index contributed by atoms with van der Waals surface area (Å²) in [4.78, 5) is 12.9. The molecule has 2 aromatic carbocycles. The van der Waals surface area contributed by atoms with Crippen LogP contribution in [0.4, 0.5) is 5.69 Å². The van der Waals surface area contributed by atoms with E-state index >= 15 is 0 Å². The molecule has 28 heavy (non-hydrogen) atoms. The van der Waals surface area contributed by atoms with Crippen LogP contribution in [0.15, 0.2) is 45.7 Å². The van der Waals surface area contributed by atoms with Crippen LogP contribution in [0.5, 0.6) is 5.75 Å². The number of furan rings is 1. The van der Waals surface area contributed by atoms with E-state index < -0.39 is 15.9 Å². The van der Waals surface area contributed by atoms with Gasteiger partial charge in [-0.3, -0.25) is 4.79 Å². The molecule has 0 spiro atoms. The third-order valence-corrected chi connectivity index (χ3v) is 6.40. The predicted octanol–water partition coefficient (Wildman–Crippen LogP) is 3.56. The third kappa shape index (κ3) is 3.48. The molecule has 0 saturated carbocycles. The fourth-order valence-electron chi connectivity index (χ4n) is 2.83. The molecule has 0 aliphatic heterocycles. The van der Waals surface area contributed by atoms with Crippen molar-refractivity contribution in [3.63, 3.8) is 0 Å². The summed E-state index contributed by atoms with van der Waals surface area (Å²) in [6, 6.07) is 9.92. The van der Waals surface area contributed by atoms with E-state index in [1.165, 1.54) is 26.2 Å². The van der Waals surface area contributed by atoms with E-state index in [1.807, 2.05) is 0 Å². The molecule has 0 fully saturated rings. The van der Waals surface area contributed by atoms with Crippen LogP contribution in [-0.4, -0.2) is 39.8 Å². The molecular formula is C20H22N2O5S. The number of fused-ring (bicyclic) bond motifs is 1. The Labute approximate surface area is 163 Å². The lowest BCUT2D eigenvalue weighted by Gasteiger charge is -2.14. The van der Waals surface area contributed by atoms with E-state index in [0.717, 1.165) is 15.3 Å². The van der Waals surface area contributed by atoms with Crippen LogP contribution < -0.4 is 10.1 Å². The molecule has 1 aromatic heterocycles. The summed E-state index contributed by atoms with van der Waals surface area (Å²) in [5.74, 6) is 0.388. The second kappa shape index (κ2) is 7.29. The predicted molar refractivity (Wildman–Crippen MR) is 108 cm³/mol. The van der Waals surface area contributed by atoms with Gasteiger partial charge in [0.25, 0.3) is 5.91 Å². The maximum atomic E-state index is 12.8. The van der Waals surface area contributed by atoms with Gasteiger partial charge in [-0.2, -0.15) is 0 Å². The van der Waals surface area contributed by atoms with E-state index in [-0.39, 0.29) is 10.7 Å². The van der Waals surface area contributed by atoms with Crippen molar-refractivity contribution < 1.29 is 22.4 Å². The van der Waals surface area contributed by atoms with Gasteiger partial charge >= 0.3 is 0 Å². The van der Waals surface area contributed by atoms with E-state index in [0.29, 0.717) is 22.6 Å². The van der Waals surface area contributed by atoms with Gasteiger partial charge in [-0.05, 0) is 49.7 Å². The number of rotatable bonds is 5. The molecule has 3 rings (SSSR count). The fraction of sp³-hybridized carbons (Fsp3) is 0.250. The number of nitrogens with zero attached hydrogens (tertiary/aromatic N) is 1. The van der Waals surface area contributed by atoms with E-state index in [1.54, 1.807) is 45.2 Å². The van der Waals surface area contributed by atoms with Gasteiger partial charge in [-0.1, -0.05) is 6.07 Å². The van der Waals surface area contributed by atoms with Gasteiger partial charge in [-0.15, -0.1) is 0 Å². The van der Waals surface area contributed by atoms with Crippen molar-refractivity contribution in [2.75, 3.05) is 26.5 Å². The molecule has 1 heterocycles. The molecule has 1 N–H and O–H groups in total. The largest absolute Gasteiger partial charge is 0.497 e. The Hall–Kier alpha value is -2.84. The molecule has 0 unspecified atom stereocenters. The summed E-state index contributed by atoms with van der Waals surface area (Å²) in [7, 11) is 0.879. The molecule has 148 valence electrons. The Morgan fingerprint density at radius 2 is 1.82 bits per heavy atom. The molecule has 0 saturated heterocycles. The maximum absolute atomic E-state index is 12.8. The molecule has 8 heteroatoms. The average molecular weight is 402 g/mol. The highest BCUT2D eigenvalue weighted by Gasteiger charge is 2.21. The molecule has 0 aliphatic rings. The van der Waals surface area contributed by atoms with E-state index in [4.69, 9.17) is 9.15 Å². The summed E-state index contributed by atoms with van der Waals surface area (Å²) >= 11 is 0. The lowest BCUT2D eigenvalue weighted by atomic mass is 10.1. The van der Waals surface area contributed by atoms with Crippen molar-refractivity contribution in [1.82, 2.24) is 4.31 Å². The van der Waals surface area contributed by atoms with Crippen molar-refractivity contribution in [2.24, 2.45) is 0 Å². The highest BCUT2D eigenvalue weighted by atomic mass is 32.2. The second-order valence-electron chi connectivity index (χ2n) is 6.64. The molecule has 3 aromatic rings. The Bertz CT molecular complexity index is 1160. The summed E-state index contributed by atoms with van der Waals surface area (Å²) in [5.41, 5.74) is 2.40. The third-order valence-electron chi connectivity index (χ3n) is 4.59. The molecule has 0 bridgehead atoms. The van der Waals surface area contributed by atoms with Crippen molar-refractivity contribution in [2.45, 2.75) is 18.7 Å². The smallest absolute Gasteiger partial charge is 0.291 e. The molecular weight excluding hydrogens is 380 g/mol. The standard InChI is InChI=1S/C20H22N2O5S/c1-12-6-8-15(28(24,25)22(3)4)11-17(12)21-20(23)19-13(2)16-10-14(26-5)7-9-18(16)27-19/h6-11H,1-5H3,(H,21,23). The van der Waals surface area contributed by atoms with Crippen LogP contribution in [0.2, 0.25) is 0 Å². The van der Waals surface area contributed by atoms with Gasteiger partial charge in [0.05, 0.1) is 12.0 Å². The molecule has 0 atom stereocenters. The Morgan fingerprint density at radius 1 is 1.11 bits per heavy atom. The van der Waals surface area contributed by atoms with Gasteiger partial charge in [0, 0.05) is 30.7 Å². The summed E-state index contributed by atoms with van der Waals surface area (Å²) < 4.78 is 36.8.